The number of anilines is 1. The van der Waals surface area contributed by atoms with E-state index in [1.165, 1.54) is 7.11 Å². The molecular formula is C18H15ClN2O4. The Balaban J connectivity index is 1.93. The van der Waals surface area contributed by atoms with Crippen molar-refractivity contribution in [3.05, 3.63) is 58.7 Å². The lowest BCUT2D eigenvalue weighted by atomic mass is 10.1. The molecule has 0 aromatic heterocycles. The molecule has 25 heavy (non-hydrogen) atoms. The Morgan fingerprint density at radius 1 is 1.04 bits per heavy atom. The molecule has 0 unspecified atom stereocenters. The Morgan fingerprint density at radius 2 is 1.80 bits per heavy atom. The number of hydrogen-bond donors (Lipinski definition) is 1. The van der Waals surface area contributed by atoms with Crippen LogP contribution in [-0.4, -0.2) is 26.2 Å². The fraction of sp³-hybridized carbons (Fsp3) is 0.111. The largest absolute Gasteiger partial charge is 0.493 e. The van der Waals surface area contributed by atoms with E-state index in [-0.39, 0.29) is 5.70 Å². The van der Waals surface area contributed by atoms with E-state index in [1.807, 2.05) is 0 Å². The van der Waals surface area contributed by atoms with Gasteiger partial charge in [0.2, 0.25) is 0 Å². The molecule has 0 bridgehead atoms. The molecule has 128 valence electrons. The van der Waals surface area contributed by atoms with E-state index in [1.54, 1.807) is 55.7 Å². The van der Waals surface area contributed by atoms with Gasteiger partial charge in [-0.05, 0) is 42.0 Å². The molecule has 6 nitrogen and oxygen atoms in total. The molecule has 3 amide bonds. The minimum atomic E-state index is -0.529. The van der Waals surface area contributed by atoms with Crippen LogP contribution < -0.4 is 19.7 Å². The molecule has 1 heterocycles. The third-order valence-electron chi connectivity index (χ3n) is 3.66. The number of halogens is 1. The Kier molecular flexibility index (Phi) is 4.63. The van der Waals surface area contributed by atoms with Gasteiger partial charge in [-0.25, -0.2) is 9.69 Å². The van der Waals surface area contributed by atoms with E-state index >= 15 is 0 Å². The van der Waals surface area contributed by atoms with Crippen molar-refractivity contribution in [3.8, 4) is 11.5 Å². The molecule has 1 aliphatic heterocycles. The van der Waals surface area contributed by atoms with Gasteiger partial charge in [-0.1, -0.05) is 23.7 Å². The molecule has 0 radical (unpaired) electrons. The second-order valence-electron chi connectivity index (χ2n) is 5.22. The number of imide groups is 1. The fourth-order valence-corrected chi connectivity index (χ4v) is 2.68. The van der Waals surface area contributed by atoms with Crippen LogP contribution in [-0.2, 0) is 4.79 Å². The van der Waals surface area contributed by atoms with Crippen LogP contribution in [0.4, 0.5) is 10.5 Å². The summed E-state index contributed by atoms with van der Waals surface area (Å²) in [5.41, 5.74) is 1.26. The van der Waals surface area contributed by atoms with E-state index in [2.05, 4.69) is 5.32 Å². The van der Waals surface area contributed by atoms with Crippen LogP contribution in [0.3, 0.4) is 0 Å². The number of benzene rings is 2. The van der Waals surface area contributed by atoms with E-state index in [4.69, 9.17) is 21.1 Å². The number of nitrogens with zero attached hydrogens (tertiary/aromatic N) is 1. The first-order valence-electron chi connectivity index (χ1n) is 7.38. The van der Waals surface area contributed by atoms with Crippen molar-refractivity contribution < 1.29 is 19.1 Å². The quantitative estimate of drug-likeness (QED) is 0.671. The second-order valence-corrected chi connectivity index (χ2v) is 5.66. The van der Waals surface area contributed by atoms with Crippen molar-refractivity contribution in [2.45, 2.75) is 0 Å². The molecule has 7 heteroatoms. The van der Waals surface area contributed by atoms with Gasteiger partial charge in [-0.3, -0.25) is 4.79 Å². The number of methoxy groups -OCH3 is 2. The van der Waals surface area contributed by atoms with Gasteiger partial charge in [0.05, 0.1) is 19.9 Å². The zero-order valence-electron chi connectivity index (χ0n) is 13.6. The summed E-state index contributed by atoms with van der Waals surface area (Å²) < 4.78 is 10.4. The fourth-order valence-electron chi connectivity index (χ4n) is 2.49. The first-order valence-corrected chi connectivity index (χ1v) is 7.76. The lowest BCUT2D eigenvalue weighted by molar-refractivity contribution is -0.113. The molecule has 1 saturated heterocycles. The summed E-state index contributed by atoms with van der Waals surface area (Å²) >= 11 is 5.94. The maximum absolute atomic E-state index is 12.6. The maximum Gasteiger partial charge on any atom is 0.333 e. The van der Waals surface area contributed by atoms with Crippen molar-refractivity contribution in [2.75, 3.05) is 19.1 Å². The van der Waals surface area contributed by atoms with Crippen LogP contribution in [0.5, 0.6) is 11.5 Å². The van der Waals surface area contributed by atoms with Gasteiger partial charge in [0, 0.05) is 5.02 Å². The predicted octanol–water partition coefficient (Wildman–Crippen LogP) is 3.45. The predicted molar refractivity (Wildman–Crippen MR) is 95.0 cm³/mol. The highest BCUT2D eigenvalue weighted by Gasteiger charge is 2.34. The minimum Gasteiger partial charge on any atom is -0.493 e. The average molecular weight is 359 g/mol. The van der Waals surface area contributed by atoms with Gasteiger partial charge < -0.3 is 14.8 Å². The maximum atomic E-state index is 12.6. The van der Waals surface area contributed by atoms with Crippen molar-refractivity contribution in [3.63, 3.8) is 0 Å². The number of ether oxygens (including phenoxy) is 2. The van der Waals surface area contributed by atoms with Gasteiger partial charge in [-0.2, -0.15) is 0 Å². The van der Waals surface area contributed by atoms with Crippen molar-refractivity contribution in [1.29, 1.82) is 0 Å². The lowest BCUT2D eigenvalue weighted by Gasteiger charge is -2.11. The molecular weight excluding hydrogens is 344 g/mol. The molecule has 1 N–H and O–H groups in total. The van der Waals surface area contributed by atoms with Gasteiger partial charge in [0.15, 0.2) is 11.5 Å². The zero-order valence-corrected chi connectivity index (χ0v) is 14.3. The minimum absolute atomic E-state index is 0.164. The molecule has 2 aromatic carbocycles. The summed E-state index contributed by atoms with van der Waals surface area (Å²) in [5.74, 6) is 0.648. The third-order valence-corrected chi connectivity index (χ3v) is 3.90. The van der Waals surface area contributed by atoms with E-state index < -0.39 is 11.9 Å². The summed E-state index contributed by atoms with van der Waals surface area (Å²) in [7, 11) is 3.07. The average Bonchev–Trinajstić information content (AvgIpc) is 2.88. The van der Waals surface area contributed by atoms with E-state index in [0.717, 1.165) is 4.90 Å². The summed E-state index contributed by atoms with van der Waals surface area (Å²) in [4.78, 5) is 25.8. The van der Waals surface area contributed by atoms with Gasteiger partial charge in [-0.15, -0.1) is 0 Å². The number of urea groups is 1. The Bertz CT molecular complexity index is 879. The molecule has 0 atom stereocenters. The Hall–Kier alpha value is -2.99. The monoisotopic (exact) mass is 358 g/mol. The number of carbonyl (C=O) groups is 2. The highest BCUT2D eigenvalue weighted by atomic mass is 35.5. The molecule has 1 fully saturated rings. The first kappa shape index (κ1) is 16.9. The second kappa shape index (κ2) is 6.86. The van der Waals surface area contributed by atoms with Crippen molar-refractivity contribution in [1.82, 2.24) is 5.32 Å². The third kappa shape index (κ3) is 3.29. The van der Waals surface area contributed by atoms with Crippen LogP contribution >= 0.6 is 11.6 Å². The lowest BCUT2D eigenvalue weighted by Crippen LogP contribution is -2.30. The summed E-state index contributed by atoms with van der Waals surface area (Å²) in [6.07, 6.45) is 1.58. The molecule has 2 aromatic rings. The Labute approximate surface area is 149 Å². The molecule has 0 saturated carbocycles. The highest BCUT2D eigenvalue weighted by molar-refractivity contribution is 6.32. The van der Waals surface area contributed by atoms with Gasteiger partial charge in [0.1, 0.15) is 5.70 Å². The zero-order chi connectivity index (χ0) is 18.0. The highest BCUT2D eigenvalue weighted by Crippen LogP contribution is 2.29. The molecule has 3 rings (SSSR count). The van der Waals surface area contributed by atoms with Gasteiger partial charge >= 0.3 is 6.03 Å². The standard InChI is InChI=1S/C18H15ClN2O4/c1-24-15-7-6-11(9-16(15)25-2)8-14-17(22)21(18(23)20-14)13-5-3-4-12(19)10-13/h3-10H,1-2H3,(H,20,23)/b14-8-. The van der Waals surface area contributed by atoms with Crippen LogP contribution in [0.25, 0.3) is 6.08 Å². The number of nitrogens with one attached hydrogen (secondary N) is 1. The SMILES string of the molecule is COc1ccc(/C=C2\NC(=O)N(c3cccc(Cl)c3)C2=O)cc1OC. The molecule has 0 spiro atoms. The van der Waals surface area contributed by atoms with Gasteiger partial charge in [0.25, 0.3) is 5.91 Å². The number of rotatable bonds is 4. The van der Waals surface area contributed by atoms with Crippen LogP contribution in [0, 0.1) is 0 Å². The van der Waals surface area contributed by atoms with Crippen molar-refractivity contribution in [2.24, 2.45) is 0 Å². The number of hydrogen-bond acceptors (Lipinski definition) is 4. The molecule has 0 aliphatic carbocycles. The van der Waals surface area contributed by atoms with E-state index in [9.17, 15) is 9.59 Å². The van der Waals surface area contributed by atoms with Crippen molar-refractivity contribution >= 4 is 35.3 Å². The van der Waals surface area contributed by atoms with Crippen LogP contribution in [0.15, 0.2) is 48.2 Å². The summed E-state index contributed by atoms with van der Waals surface area (Å²) in [6, 6.07) is 11.2. The topological polar surface area (TPSA) is 67.9 Å². The van der Waals surface area contributed by atoms with E-state index in [0.29, 0.717) is 27.8 Å². The smallest absolute Gasteiger partial charge is 0.333 e. The number of carbonyl (C=O) groups excluding carboxylic acids is 2. The van der Waals surface area contributed by atoms with Crippen LogP contribution in [0.1, 0.15) is 5.56 Å². The first-order chi connectivity index (χ1) is 12.0. The Morgan fingerprint density at radius 3 is 2.48 bits per heavy atom. The van der Waals surface area contributed by atoms with Crippen LogP contribution in [0.2, 0.25) is 5.02 Å². The normalized spacial score (nSPS) is 15.5. The summed E-state index contributed by atoms with van der Waals surface area (Å²) in [5, 5.41) is 3.01. The molecule has 1 aliphatic rings. The number of amides is 3. The summed E-state index contributed by atoms with van der Waals surface area (Å²) in [6.45, 7) is 0.